The number of hydrogen-bond donors (Lipinski definition) is 3. The number of carbonyl (C=O) groups excluding carboxylic acids is 3. The van der Waals surface area contributed by atoms with Crippen LogP contribution >= 0.6 is 11.8 Å². The van der Waals surface area contributed by atoms with Crippen LogP contribution in [0.3, 0.4) is 0 Å². The molecule has 9 heteroatoms. The lowest BCUT2D eigenvalue weighted by Crippen LogP contribution is -2.51. The van der Waals surface area contributed by atoms with Crippen LogP contribution in [0.5, 0.6) is 5.75 Å². The van der Waals surface area contributed by atoms with E-state index in [1.54, 1.807) is 40.9 Å². The number of nitrogens with zero attached hydrogens (tertiary/aromatic N) is 1. The SMILES string of the molecule is CCOc1ccc(NC(=O)[C@@H]2[C@@H]3CCC4(S3)C(C(=O)Nc3ccc5ccccc5c3)N(CCCO)C(=O)[C@H]24)cc1. The van der Waals surface area contributed by atoms with Gasteiger partial charge in [-0.05, 0) is 73.4 Å². The zero-order chi connectivity index (χ0) is 27.9. The normalized spacial score (nSPS) is 26.6. The molecule has 8 nitrogen and oxygen atoms in total. The second kappa shape index (κ2) is 10.8. The van der Waals surface area contributed by atoms with Crippen LogP contribution in [0.1, 0.15) is 26.2 Å². The first-order valence-corrected chi connectivity index (χ1v) is 14.8. The summed E-state index contributed by atoms with van der Waals surface area (Å²) in [6.07, 6.45) is 1.83. The van der Waals surface area contributed by atoms with E-state index in [1.165, 1.54) is 0 Å². The van der Waals surface area contributed by atoms with Gasteiger partial charge >= 0.3 is 0 Å². The Balaban J connectivity index is 1.27. The average Bonchev–Trinajstić information content (AvgIpc) is 3.60. The zero-order valence-electron chi connectivity index (χ0n) is 22.3. The van der Waals surface area contributed by atoms with Crippen LogP contribution in [0, 0.1) is 11.8 Å². The molecule has 40 heavy (non-hydrogen) atoms. The van der Waals surface area contributed by atoms with Gasteiger partial charge in [-0.2, -0.15) is 0 Å². The molecule has 208 valence electrons. The monoisotopic (exact) mass is 559 g/mol. The van der Waals surface area contributed by atoms with E-state index in [2.05, 4.69) is 10.6 Å². The second-order valence-corrected chi connectivity index (χ2v) is 12.3. The minimum Gasteiger partial charge on any atom is -0.494 e. The highest BCUT2D eigenvalue weighted by Gasteiger charge is 2.73. The fourth-order valence-corrected chi connectivity index (χ4v) is 8.96. The highest BCUT2D eigenvalue weighted by Crippen LogP contribution is 2.66. The molecular weight excluding hydrogens is 526 g/mol. The number of anilines is 2. The molecule has 3 aliphatic rings. The van der Waals surface area contributed by atoms with Crippen LogP contribution in [0.15, 0.2) is 66.7 Å². The Bertz CT molecular complexity index is 1450. The molecule has 0 aliphatic carbocycles. The van der Waals surface area contributed by atoms with Gasteiger partial charge in [0.25, 0.3) is 0 Å². The molecular formula is C31H33N3O5S. The van der Waals surface area contributed by atoms with Crippen molar-refractivity contribution in [2.45, 2.75) is 42.2 Å². The van der Waals surface area contributed by atoms with E-state index in [1.807, 2.05) is 49.4 Å². The average molecular weight is 560 g/mol. The summed E-state index contributed by atoms with van der Waals surface area (Å²) < 4.78 is 4.81. The summed E-state index contributed by atoms with van der Waals surface area (Å²) in [7, 11) is 0. The Kier molecular flexibility index (Phi) is 7.18. The van der Waals surface area contributed by atoms with Crippen molar-refractivity contribution in [2.75, 3.05) is 30.4 Å². The number of aliphatic hydroxyl groups is 1. The molecule has 3 amide bonds. The number of carbonyl (C=O) groups is 3. The van der Waals surface area contributed by atoms with Gasteiger partial charge in [0.1, 0.15) is 11.8 Å². The van der Waals surface area contributed by atoms with Gasteiger partial charge < -0.3 is 25.4 Å². The number of aliphatic hydroxyl groups excluding tert-OH is 1. The van der Waals surface area contributed by atoms with E-state index >= 15 is 0 Å². The summed E-state index contributed by atoms with van der Waals surface area (Å²) in [5, 5.41) is 17.7. The fraction of sp³-hybridized carbons (Fsp3) is 0.387. The summed E-state index contributed by atoms with van der Waals surface area (Å²) in [4.78, 5) is 43.2. The van der Waals surface area contributed by atoms with Gasteiger partial charge in [0.05, 0.1) is 23.2 Å². The highest BCUT2D eigenvalue weighted by molar-refractivity contribution is 8.02. The molecule has 3 fully saturated rings. The quantitative estimate of drug-likeness (QED) is 0.361. The molecule has 0 saturated carbocycles. The summed E-state index contributed by atoms with van der Waals surface area (Å²) >= 11 is 1.63. The summed E-state index contributed by atoms with van der Waals surface area (Å²) in [6, 6.07) is 20.2. The minimum atomic E-state index is -0.721. The maximum atomic E-state index is 14.0. The highest BCUT2D eigenvalue weighted by atomic mass is 32.2. The van der Waals surface area contributed by atoms with Crippen molar-refractivity contribution < 1.29 is 24.2 Å². The Morgan fingerprint density at radius 3 is 2.50 bits per heavy atom. The lowest BCUT2D eigenvalue weighted by atomic mass is 9.70. The smallest absolute Gasteiger partial charge is 0.248 e. The molecule has 2 bridgehead atoms. The van der Waals surface area contributed by atoms with Gasteiger partial charge in [-0.3, -0.25) is 14.4 Å². The fourth-order valence-electron chi connectivity index (χ4n) is 6.74. The number of likely N-dealkylation sites (tertiary alicyclic amines) is 1. The zero-order valence-corrected chi connectivity index (χ0v) is 23.2. The van der Waals surface area contributed by atoms with E-state index in [0.29, 0.717) is 30.8 Å². The Hall–Kier alpha value is -3.56. The molecule has 5 atom stereocenters. The number of rotatable bonds is 9. The summed E-state index contributed by atoms with van der Waals surface area (Å²) in [5.74, 6) is -1.02. The Labute approximate surface area is 237 Å². The van der Waals surface area contributed by atoms with E-state index in [-0.39, 0.29) is 36.1 Å². The van der Waals surface area contributed by atoms with E-state index in [0.717, 1.165) is 22.9 Å². The number of thioether (sulfide) groups is 1. The van der Waals surface area contributed by atoms with Gasteiger partial charge in [0.2, 0.25) is 17.7 Å². The first-order chi connectivity index (χ1) is 19.4. The molecule has 3 aliphatic heterocycles. The third kappa shape index (κ3) is 4.51. The lowest BCUT2D eigenvalue weighted by molar-refractivity contribution is -0.138. The van der Waals surface area contributed by atoms with Crippen LogP contribution in [0.4, 0.5) is 11.4 Å². The molecule has 1 spiro atoms. The first-order valence-electron chi connectivity index (χ1n) is 13.9. The molecule has 0 aromatic heterocycles. The third-order valence-corrected chi connectivity index (χ3v) is 10.3. The maximum absolute atomic E-state index is 14.0. The number of benzene rings is 3. The van der Waals surface area contributed by atoms with Crippen LogP contribution in [-0.4, -0.2) is 63.5 Å². The summed E-state index contributed by atoms with van der Waals surface area (Å²) in [6.45, 7) is 2.65. The van der Waals surface area contributed by atoms with Gasteiger partial charge in [-0.1, -0.05) is 30.3 Å². The van der Waals surface area contributed by atoms with Crippen LogP contribution in [0.2, 0.25) is 0 Å². The Morgan fingerprint density at radius 2 is 1.75 bits per heavy atom. The van der Waals surface area contributed by atoms with E-state index in [4.69, 9.17) is 4.74 Å². The molecule has 3 aromatic rings. The van der Waals surface area contributed by atoms with Crippen molar-refractivity contribution in [1.29, 1.82) is 0 Å². The molecule has 3 saturated heterocycles. The van der Waals surface area contributed by atoms with Gasteiger partial charge in [0, 0.05) is 29.8 Å². The Morgan fingerprint density at radius 1 is 1.02 bits per heavy atom. The number of ether oxygens (including phenoxy) is 1. The third-order valence-electron chi connectivity index (χ3n) is 8.36. The van der Waals surface area contributed by atoms with Gasteiger partial charge in [-0.25, -0.2) is 0 Å². The predicted octanol–water partition coefficient (Wildman–Crippen LogP) is 4.29. The van der Waals surface area contributed by atoms with Crippen LogP contribution < -0.4 is 15.4 Å². The maximum Gasteiger partial charge on any atom is 0.248 e. The molecule has 3 N–H and O–H groups in total. The van der Waals surface area contributed by atoms with Gasteiger partial charge in [0.15, 0.2) is 0 Å². The molecule has 3 heterocycles. The molecule has 0 radical (unpaired) electrons. The van der Waals surface area contributed by atoms with Crippen molar-refractivity contribution in [3.8, 4) is 5.75 Å². The minimum absolute atomic E-state index is 0.0346. The number of fused-ring (bicyclic) bond motifs is 2. The topological polar surface area (TPSA) is 108 Å². The number of hydrogen-bond acceptors (Lipinski definition) is 6. The lowest BCUT2D eigenvalue weighted by Gasteiger charge is -2.34. The predicted molar refractivity (Wildman–Crippen MR) is 156 cm³/mol. The van der Waals surface area contributed by atoms with E-state index in [9.17, 15) is 19.5 Å². The van der Waals surface area contributed by atoms with Crippen molar-refractivity contribution >= 4 is 51.6 Å². The van der Waals surface area contributed by atoms with Crippen LogP contribution in [-0.2, 0) is 14.4 Å². The van der Waals surface area contributed by atoms with Gasteiger partial charge in [-0.15, -0.1) is 11.8 Å². The second-order valence-electron chi connectivity index (χ2n) is 10.7. The number of amides is 3. The van der Waals surface area contributed by atoms with Crippen LogP contribution in [0.25, 0.3) is 10.8 Å². The standard InChI is InChI=1S/C31H33N3O5S/c1-2-39-23-12-10-21(11-13-23)32-28(36)25-24-14-15-31(40-24)26(25)30(38)34(16-5-17-35)27(31)29(37)33-22-9-8-19-6-3-4-7-20(19)18-22/h3-4,6-13,18,24-27,35H,2,5,14-17H2,1H3,(H,32,36)(H,33,37)/t24-,25+,26-,27?,31?/m0/s1. The molecule has 3 aromatic carbocycles. The summed E-state index contributed by atoms with van der Waals surface area (Å²) in [5.41, 5.74) is 1.31. The molecule has 6 rings (SSSR count). The number of nitrogens with one attached hydrogen (secondary N) is 2. The largest absolute Gasteiger partial charge is 0.494 e. The van der Waals surface area contributed by atoms with Crippen molar-refractivity contribution in [3.63, 3.8) is 0 Å². The molecule has 2 unspecified atom stereocenters. The van der Waals surface area contributed by atoms with Crippen molar-refractivity contribution in [3.05, 3.63) is 66.7 Å². The van der Waals surface area contributed by atoms with E-state index < -0.39 is 22.6 Å². The van der Waals surface area contributed by atoms with Crippen molar-refractivity contribution in [1.82, 2.24) is 4.90 Å². The van der Waals surface area contributed by atoms with Crippen molar-refractivity contribution in [2.24, 2.45) is 11.8 Å². The first kappa shape index (κ1) is 26.7.